The van der Waals surface area contributed by atoms with Gasteiger partial charge in [-0.2, -0.15) is 0 Å². The quantitative estimate of drug-likeness (QED) is 0.901. The van der Waals surface area contributed by atoms with Crippen molar-refractivity contribution in [3.8, 4) is 0 Å². The summed E-state index contributed by atoms with van der Waals surface area (Å²) >= 11 is 0. The lowest BCUT2D eigenvalue weighted by Crippen LogP contribution is -2.44. The summed E-state index contributed by atoms with van der Waals surface area (Å²) < 4.78 is 0. The molecule has 0 spiro atoms. The van der Waals surface area contributed by atoms with Gasteiger partial charge in [0.15, 0.2) is 0 Å². The van der Waals surface area contributed by atoms with Crippen LogP contribution in [0.1, 0.15) is 32.3 Å². The fourth-order valence-corrected chi connectivity index (χ4v) is 2.66. The maximum atomic E-state index is 12.1. The predicted molar refractivity (Wildman–Crippen MR) is 77.7 cm³/mol. The van der Waals surface area contributed by atoms with Gasteiger partial charge >= 0.3 is 0 Å². The molecule has 104 valence electrons. The van der Waals surface area contributed by atoms with Gasteiger partial charge in [-0.05, 0) is 38.8 Å². The molecule has 1 atom stereocenters. The Labute approximate surface area is 116 Å². The van der Waals surface area contributed by atoms with Gasteiger partial charge in [0.25, 0.3) is 0 Å². The van der Waals surface area contributed by atoms with Crippen molar-refractivity contribution in [1.29, 1.82) is 0 Å². The van der Waals surface area contributed by atoms with E-state index < -0.39 is 0 Å². The average Bonchev–Trinajstić information content (AvgIpc) is 2.39. The molecule has 19 heavy (non-hydrogen) atoms. The molecular weight excluding hydrogens is 236 g/mol. The maximum Gasteiger partial charge on any atom is 0.224 e. The van der Waals surface area contributed by atoms with E-state index in [1.54, 1.807) is 0 Å². The van der Waals surface area contributed by atoms with Crippen molar-refractivity contribution < 1.29 is 4.79 Å². The van der Waals surface area contributed by atoms with Crippen LogP contribution in [0.2, 0.25) is 0 Å². The number of benzene rings is 1. The molecule has 1 amide bonds. The van der Waals surface area contributed by atoms with Gasteiger partial charge in [0, 0.05) is 19.1 Å². The maximum absolute atomic E-state index is 12.1. The molecular formula is C16H24N2O. The zero-order valence-corrected chi connectivity index (χ0v) is 11.9. The number of hydrogen-bond donors (Lipinski definition) is 1. The second kappa shape index (κ2) is 6.71. The Balaban J connectivity index is 1.88. The van der Waals surface area contributed by atoms with Crippen molar-refractivity contribution in [2.45, 2.75) is 39.3 Å². The topological polar surface area (TPSA) is 32.3 Å². The normalized spacial score (nSPS) is 20.5. The van der Waals surface area contributed by atoms with Crippen LogP contribution >= 0.6 is 0 Å². The Morgan fingerprint density at radius 3 is 2.79 bits per heavy atom. The van der Waals surface area contributed by atoms with Crippen LogP contribution < -0.4 is 5.32 Å². The smallest absolute Gasteiger partial charge is 0.224 e. The van der Waals surface area contributed by atoms with Crippen molar-refractivity contribution in [3.05, 3.63) is 35.9 Å². The third kappa shape index (κ3) is 4.35. The van der Waals surface area contributed by atoms with Crippen molar-refractivity contribution in [1.82, 2.24) is 10.2 Å². The summed E-state index contributed by atoms with van der Waals surface area (Å²) in [6.45, 7) is 6.96. The SMILES string of the molecule is CC(C)NC(=O)[C@@H]1CCCN(Cc2ccccc2)C1. The third-order valence-electron chi connectivity index (χ3n) is 3.56. The minimum atomic E-state index is 0.153. The Hall–Kier alpha value is -1.35. The van der Waals surface area contributed by atoms with Crippen molar-refractivity contribution >= 4 is 5.91 Å². The number of nitrogens with one attached hydrogen (secondary N) is 1. The van der Waals surface area contributed by atoms with E-state index >= 15 is 0 Å². The van der Waals surface area contributed by atoms with E-state index in [1.807, 2.05) is 19.9 Å². The summed E-state index contributed by atoms with van der Waals surface area (Å²) in [5.74, 6) is 0.368. The predicted octanol–water partition coefficient (Wildman–Crippen LogP) is 2.42. The van der Waals surface area contributed by atoms with Gasteiger partial charge < -0.3 is 5.32 Å². The zero-order chi connectivity index (χ0) is 13.7. The Morgan fingerprint density at radius 2 is 2.11 bits per heavy atom. The van der Waals surface area contributed by atoms with E-state index in [0.717, 1.165) is 32.5 Å². The van der Waals surface area contributed by atoms with Crippen LogP contribution in [0.25, 0.3) is 0 Å². The lowest BCUT2D eigenvalue weighted by atomic mass is 9.96. The Bertz CT molecular complexity index is 402. The van der Waals surface area contributed by atoms with Gasteiger partial charge in [0.05, 0.1) is 5.92 Å². The average molecular weight is 260 g/mol. The van der Waals surface area contributed by atoms with E-state index in [2.05, 4.69) is 34.5 Å². The van der Waals surface area contributed by atoms with Gasteiger partial charge in [0.1, 0.15) is 0 Å². The van der Waals surface area contributed by atoms with Gasteiger partial charge in [-0.1, -0.05) is 30.3 Å². The van der Waals surface area contributed by atoms with Crippen LogP contribution in [-0.4, -0.2) is 29.9 Å². The zero-order valence-electron chi connectivity index (χ0n) is 11.9. The van der Waals surface area contributed by atoms with Gasteiger partial charge in [-0.25, -0.2) is 0 Å². The molecule has 0 unspecified atom stereocenters. The molecule has 1 aliphatic heterocycles. The lowest BCUT2D eigenvalue weighted by Gasteiger charge is -2.32. The highest BCUT2D eigenvalue weighted by Gasteiger charge is 2.25. The molecule has 3 nitrogen and oxygen atoms in total. The van der Waals surface area contributed by atoms with Crippen LogP contribution in [0, 0.1) is 5.92 Å². The highest BCUT2D eigenvalue weighted by Crippen LogP contribution is 2.18. The molecule has 2 rings (SSSR count). The number of hydrogen-bond acceptors (Lipinski definition) is 2. The number of carbonyl (C=O) groups is 1. The number of rotatable bonds is 4. The molecule has 0 aliphatic carbocycles. The first-order valence-corrected chi connectivity index (χ1v) is 7.22. The first kappa shape index (κ1) is 14.1. The molecule has 1 N–H and O–H groups in total. The summed E-state index contributed by atoms with van der Waals surface area (Å²) in [5.41, 5.74) is 1.33. The fourth-order valence-electron chi connectivity index (χ4n) is 2.66. The van der Waals surface area contributed by atoms with Crippen molar-refractivity contribution in [2.75, 3.05) is 13.1 Å². The summed E-state index contributed by atoms with van der Waals surface area (Å²) in [5, 5.41) is 3.03. The fraction of sp³-hybridized carbons (Fsp3) is 0.562. The molecule has 0 bridgehead atoms. The second-order valence-electron chi connectivity index (χ2n) is 5.72. The van der Waals surface area contributed by atoms with Crippen molar-refractivity contribution in [3.63, 3.8) is 0 Å². The molecule has 0 saturated carbocycles. The summed E-state index contributed by atoms with van der Waals surface area (Å²) in [6, 6.07) is 10.7. The molecule has 0 radical (unpaired) electrons. The second-order valence-corrected chi connectivity index (χ2v) is 5.72. The van der Waals surface area contributed by atoms with Crippen LogP contribution in [-0.2, 0) is 11.3 Å². The largest absolute Gasteiger partial charge is 0.354 e. The number of carbonyl (C=O) groups excluding carboxylic acids is 1. The first-order valence-electron chi connectivity index (χ1n) is 7.22. The van der Waals surface area contributed by atoms with E-state index in [4.69, 9.17) is 0 Å². The van der Waals surface area contributed by atoms with E-state index in [-0.39, 0.29) is 17.9 Å². The monoisotopic (exact) mass is 260 g/mol. The van der Waals surface area contributed by atoms with Crippen LogP contribution in [0.15, 0.2) is 30.3 Å². The molecule has 1 aromatic carbocycles. The van der Waals surface area contributed by atoms with E-state index in [0.29, 0.717) is 0 Å². The minimum absolute atomic E-state index is 0.153. The van der Waals surface area contributed by atoms with E-state index in [9.17, 15) is 4.79 Å². The van der Waals surface area contributed by atoms with Crippen LogP contribution in [0.4, 0.5) is 0 Å². The molecule has 3 heteroatoms. The number of amides is 1. The highest BCUT2D eigenvalue weighted by molar-refractivity contribution is 5.79. The lowest BCUT2D eigenvalue weighted by molar-refractivity contribution is -0.127. The number of piperidine rings is 1. The van der Waals surface area contributed by atoms with Crippen LogP contribution in [0.5, 0.6) is 0 Å². The third-order valence-corrected chi connectivity index (χ3v) is 3.56. The van der Waals surface area contributed by atoms with E-state index in [1.165, 1.54) is 5.56 Å². The molecule has 1 saturated heterocycles. The van der Waals surface area contributed by atoms with Crippen LogP contribution in [0.3, 0.4) is 0 Å². The molecule has 1 aliphatic rings. The summed E-state index contributed by atoms with van der Waals surface area (Å²) in [7, 11) is 0. The first-order chi connectivity index (χ1) is 9.15. The number of nitrogens with zero attached hydrogens (tertiary/aromatic N) is 1. The molecule has 1 fully saturated rings. The molecule has 1 aromatic rings. The molecule has 0 aromatic heterocycles. The standard InChI is InChI=1S/C16H24N2O/c1-13(2)17-16(19)15-9-6-10-18(12-15)11-14-7-4-3-5-8-14/h3-5,7-8,13,15H,6,9-12H2,1-2H3,(H,17,19)/t15-/m1/s1. The van der Waals surface area contributed by atoms with Gasteiger partial charge in [-0.15, -0.1) is 0 Å². The van der Waals surface area contributed by atoms with Gasteiger partial charge in [-0.3, -0.25) is 9.69 Å². The Kier molecular flexibility index (Phi) is 4.97. The summed E-state index contributed by atoms with van der Waals surface area (Å²) in [4.78, 5) is 14.5. The molecule has 1 heterocycles. The number of likely N-dealkylation sites (tertiary alicyclic amines) is 1. The van der Waals surface area contributed by atoms with Gasteiger partial charge in [0.2, 0.25) is 5.91 Å². The summed E-state index contributed by atoms with van der Waals surface area (Å²) in [6.07, 6.45) is 2.13. The Morgan fingerprint density at radius 1 is 1.37 bits per heavy atom. The highest BCUT2D eigenvalue weighted by atomic mass is 16.2. The minimum Gasteiger partial charge on any atom is -0.354 e. The van der Waals surface area contributed by atoms with Crippen molar-refractivity contribution in [2.24, 2.45) is 5.92 Å².